The third kappa shape index (κ3) is 8.60. The van der Waals surface area contributed by atoms with Crippen LogP contribution >= 0.6 is 0 Å². The topological polar surface area (TPSA) is 71.1 Å². The maximum absolute atomic E-state index is 12.2. The molecule has 1 N–H and O–H groups in total. The Morgan fingerprint density at radius 3 is 2.16 bits per heavy atom. The number of hydrogen-bond acceptors (Lipinski definition) is 6. The lowest BCUT2D eigenvalue weighted by atomic mass is 9.93. The molecule has 2 heterocycles. The molecule has 7 nitrogen and oxygen atoms in total. The monoisotopic (exact) mass is 439 g/mol. The van der Waals surface area contributed by atoms with Crippen LogP contribution in [-0.4, -0.2) is 78.4 Å². The van der Waals surface area contributed by atoms with E-state index in [1.807, 2.05) is 41.5 Å². The molecular formula is C24H45N3O4. The van der Waals surface area contributed by atoms with Crippen LogP contribution in [0, 0.1) is 11.3 Å². The molecule has 31 heavy (non-hydrogen) atoms. The summed E-state index contributed by atoms with van der Waals surface area (Å²) in [5.74, 6) is 0.236. The first kappa shape index (κ1) is 25.9. The molecule has 0 aliphatic carbocycles. The minimum atomic E-state index is -0.462. The zero-order chi connectivity index (χ0) is 23.4. The van der Waals surface area contributed by atoms with Crippen molar-refractivity contribution in [1.29, 1.82) is 0 Å². The molecule has 0 radical (unpaired) electrons. The number of likely N-dealkylation sites (tertiary alicyclic amines) is 2. The predicted molar refractivity (Wildman–Crippen MR) is 123 cm³/mol. The summed E-state index contributed by atoms with van der Waals surface area (Å²) < 4.78 is 11.2. The number of alkyl carbamates (subject to hydrolysis) is 1. The first-order valence-electron chi connectivity index (χ1n) is 11.9. The molecule has 0 bridgehead atoms. The Hall–Kier alpha value is -1.34. The summed E-state index contributed by atoms with van der Waals surface area (Å²) in [4.78, 5) is 29.2. The molecule has 0 unspecified atom stereocenters. The summed E-state index contributed by atoms with van der Waals surface area (Å²) in [5, 5.41) is 3.01. The van der Waals surface area contributed by atoms with Gasteiger partial charge in [0.25, 0.3) is 0 Å². The summed E-state index contributed by atoms with van der Waals surface area (Å²) in [5.41, 5.74) is -0.912. The number of rotatable bonds is 5. The Bertz CT molecular complexity index is 603. The third-order valence-corrected chi connectivity index (χ3v) is 6.18. The van der Waals surface area contributed by atoms with Gasteiger partial charge in [-0.1, -0.05) is 6.92 Å². The number of nitrogens with zero attached hydrogens (tertiary/aromatic N) is 2. The van der Waals surface area contributed by atoms with Crippen molar-refractivity contribution < 1.29 is 19.1 Å². The van der Waals surface area contributed by atoms with Gasteiger partial charge in [0.1, 0.15) is 11.7 Å². The Morgan fingerprint density at radius 1 is 1.03 bits per heavy atom. The van der Waals surface area contributed by atoms with Gasteiger partial charge < -0.3 is 19.7 Å². The molecule has 0 saturated carbocycles. The van der Waals surface area contributed by atoms with E-state index in [4.69, 9.17) is 9.47 Å². The molecule has 1 amide bonds. The second-order valence-corrected chi connectivity index (χ2v) is 11.5. The molecule has 180 valence electrons. The van der Waals surface area contributed by atoms with Crippen LogP contribution in [0.25, 0.3) is 0 Å². The fourth-order valence-corrected chi connectivity index (χ4v) is 4.27. The smallest absolute Gasteiger partial charge is 0.407 e. The highest BCUT2D eigenvalue weighted by Gasteiger charge is 2.34. The van der Waals surface area contributed by atoms with Gasteiger partial charge in [0.05, 0.1) is 5.41 Å². The van der Waals surface area contributed by atoms with E-state index in [-0.39, 0.29) is 24.2 Å². The number of piperidine rings is 2. The number of hydrogen-bond donors (Lipinski definition) is 1. The molecule has 0 aromatic carbocycles. The fraction of sp³-hybridized carbons (Fsp3) is 0.917. The van der Waals surface area contributed by atoms with E-state index in [2.05, 4.69) is 29.0 Å². The first-order chi connectivity index (χ1) is 14.2. The zero-order valence-electron chi connectivity index (χ0n) is 21.0. The number of nitrogens with one attached hydrogen (secondary N) is 1. The van der Waals surface area contributed by atoms with Crippen LogP contribution in [0.15, 0.2) is 0 Å². The van der Waals surface area contributed by atoms with Crippen LogP contribution in [0.5, 0.6) is 0 Å². The Kier molecular flexibility index (Phi) is 8.79. The van der Waals surface area contributed by atoms with Crippen LogP contribution in [0.2, 0.25) is 0 Å². The van der Waals surface area contributed by atoms with Gasteiger partial charge in [0.2, 0.25) is 0 Å². The van der Waals surface area contributed by atoms with E-state index in [0.717, 1.165) is 52.0 Å². The molecule has 0 aromatic heterocycles. The van der Waals surface area contributed by atoms with Gasteiger partial charge in [-0.25, -0.2) is 4.79 Å². The third-order valence-electron chi connectivity index (χ3n) is 6.18. The highest BCUT2D eigenvalue weighted by Crippen LogP contribution is 2.26. The molecular weight excluding hydrogens is 394 g/mol. The molecule has 2 saturated heterocycles. The zero-order valence-corrected chi connectivity index (χ0v) is 21.0. The first-order valence-corrected chi connectivity index (χ1v) is 11.9. The van der Waals surface area contributed by atoms with Crippen molar-refractivity contribution in [3.05, 3.63) is 0 Å². The van der Waals surface area contributed by atoms with Crippen LogP contribution in [0.1, 0.15) is 74.7 Å². The van der Waals surface area contributed by atoms with Gasteiger partial charge in [-0.3, -0.25) is 9.69 Å². The molecule has 2 aliphatic rings. The molecule has 0 spiro atoms. The van der Waals surface area contributed by atoms with Crippen LogP contribution in [-0.2, 0) is 14.3 Å². The van der Waals surface area contributed by atoms with Crippen molar-refractivity contribution in [3.8, 4) is 0 Å². The summed E-state index contributed by atoms with van der Waals surface area (Å²) >= 11 is 0. The number of amides is 1. The lowest BCUT2D eigenvalue weighted by molar-refractivity contribution is -0.164. The van der Waals surface area contributed by atoms with E-state index in [1.165, 1.54) is 0 Å². The predicted octanol–water partition coefficient (Wildman–Crippen LogP) is 3.66. The standard InChI is InChI=1S/C24H45N3O4/c1-17-15-27(14-11-20(17)30-21(28)23(3,4)5)18(2)16-26-12-9-19(10-13-26)25-22(29)31-24(6,7)8/h17-20H,9-16H2,1-8H3,(H,25,29)/t17-,18-,20-/m0/s1. The second-order valence-electron chi connectivity index (χ2n) is 11.5. The van der Waals surface area contributed by atoms with Crippen molar-refractivity contribution in [2.75, 3.05) is 32.7 Å². The van der Waals surface area contributed by atoms with Gasteiger partial charge in [-0.15, -0.1) is 0 Å². The molecule has 3 atom stereocenters. The molecule has 0 aromatic rings. The van der Waals surface area contributed by atoms with E-state index in [1.54, 1.807) is 0 Å². The summed E-state index contributed by atoms with van der Waals surface area (Å²) in [6.45, 7) is 20.8. The maximum atomic E-state index is 12.2. The van der Waals surface area contributed by atoms with Crippen LogP contribution in [0.4, 0.5) is 4.79 Å². The number of carbonyl (C=O) groups excluding carboxylic acids is 2. The van der Waals surface area contributed by atoms with E-state index >= 15 is 0 Å². The van der Waals surface area contributed by atoms with E-state index in [0.29, 0.717) is 12.0 Å². The largest absolute Gasteiger partial charge is 0.462 e. The van der Waals surface area contributed by atoms with Gasteiger partial charge >= 0.3 is 12.1 Å². The van der Waals surface area contributed by atoms with Crippen molar-refractivity contribution >= 4 is 12.1 Å². The average Bonchev–Trinajstić information content (AvgIpc) is 2.62. The number of ether oxygens (including phenoxy) is 2. The lowest BCUT2D eigenvalue weighted by Gasteiger charge is -2.42. The maximum Gasteiger partial charge on any atom is 0.407 e. The summed E-state index contributed by atoms with van der Waals surface area (Å²) in [6, 6.07) is 0.645. The van der Waals surface area contributed by atoms with Crippen LogP contribution < -0.4 is 5.32 Å². The van der Waals surface area contributed by atoms with Crippen molar-refractivity contribution in [1.82, 2.24) is 15.1 Å². The molecule has 2 aliphatic heterocycles. The molecule has 2 fully saturated rings. The number of carbonyl (C=O) groups is 2. The minimum absolute atomic E-state index is 0.0184. The molecule has 2 rings (SSSR count). The van der Waals surface area contributed by atoms with Crippen molar-refractivity contribution in [2.24, 2.45) is 11.3 Å². The highest BCUT2D eigenvalue weighted by molar-refractivity contribution is 5.75. The summed E-state index contributed by atoms with van der Waals surface area (Å²) in [7, 11) is 0. The van der Waals surface area contributed by atoms with Gasteiger partial charge in [0.15, 0.2) is 0 Å². The van der Waals surface area contributed by atoms with Gasteiger partial charge in [0, 0.05) is 50.7 Å². The van der Waals surface area contributed by atoms with E-state index in [9.17, 15) is 9.59 Å². The molecule has 7 heteroatoms. The van der Waals surface area contributed by atoms with Crippen molar-refractivity contribution in [2.45, 2.75) is 98.4 Å². The Labute approximate surface area is 189 Å². The lowest BCUT2D eigenvalue weighted by Crippen LogP contribution is -2.53. The Balaban J connectivity index is 1.72. The van der Waals surface area contributed by atoms with Gasteiger partial charge in [-0.2, -0.15) is 0 Å². The highest BCUT2D eigenvalue weighted by atomic mass is 16.6. The second kappa shape index (κ2) is 10.5. The average molecular weight is 440 g/mol. The summed E-state index contributed by atoms with van der Waals surface area (Å²) in [6.07, 6.45) is 2.50. The fourth-order valence-electron chi connectivity index (χ4n) is 4.27. The van der Waals surface area contributed by atoms with Crippen molar-refractivity contribution in [3.63, 3.8) is 0 Å². The SMILES string of the molecule is C[C@H]1CN([C@@H](C)CN2CCC(NC(=O)OC(C)(C)C)CC2)CC[C@@H]1OC(=O)C(C)(C)C. The quantitative estimate of drug-likeness (QED) is 0.659. The normalized spacial score (nSPS) is 25.7. The minimum Gasteiger partial charge on any atom is -0.462 e. The number of esters is 1. The van der Waals surface area contributed by atoms with Crippen LogP contribution in [0.3, 0.4) is 0 Å². The van der Waals surface area contributed by atoms with E-state index < -0.39 is 11.0 Å². The Morgan fingerprint density at radius 2 is 1.65 bits per heavy atom. The van der Waals surface area contributed by atoms with Gasteiger partial charge in [-0.05, 0) is 67.7 Å².